The SMILES string of the molecule is CCN(C(=O)c1ncccc1C#CCN)C(C)CN(C)C. The number of carbonyl (C=O) groups is 1. The van der Waals surface area contributed by atoms with Gasteiger partial charge in [-0.3, -0.25) is 4.79 Å². The zero-order valence-electron chi connectivity index (χ0n) is 13.3. The molecule has 0 aliphatic heterocycles. The second kappa shape index (κ2) is 8.40. The quantitative estimate of drug-likeness (QED) is 0.814. The van der Waals surface area contributed by atoms with E-state index in [-0.39, 0.29) is 18.5 Å². The average Bonchev–Trinajstić information content (AvgIpc) is 2.45. The van der Waals surface area contributed by atoms with Crippen molar-refractivity contribution in [3.8, 4) is 11.8 Å². The van der Waals surface area contributed by atoms with E-state index >= 15 is 0 Å². The number of nitrogens with zero attached hydrogens (tertiary/aromatic N) is 3. The molecule has 0 aliphatic carbocycles. The van der Waals surface area contributed by atoms with E-state index < -0.39 is 0 Å². The Kier molecular flexibility index (Phi) is 6.86. The summed E-state index contributed by atoms with van der Waals surface area (Å²) in [6.07, 6.45) is 1.62. The number of likely N-dealkylation sites (N-methyl/N-ethyl adjacent to an activating group) is 2. The van der Waals surface area contributed by atoms with Gasteiger partial charge < -0.3 is 15.5 Å². The minimum Gasteiger partial charge on any atom is -0.334 e. The van der Waals surface area contributed by atoms with Crippen molar-refractivity contribution < 1.29 is 4.79 Å². The number of pyridine rings is 1. The van der Waals surface area contributed by atoms with Crippen molar-refractivity contribution in [3.05, 3.63) is 29.6 Å². The van der Waals surface area contributed by atoms with Crippen molar-refractivity contribution in [1.29, 1.82) is 0 Å². The molecule has 1 amide bonds. The Morgan fingerprint density at radius 1 is 1.48 bits per heavy atom. The van der Waals surface area contributed by atoms with Crippen LogP contribution >= 0.6 is 0 Å². The summed E-state index contributed by atoms with van der Waals surface area (Å²) < 4.78 is 0. The Bertz CT molecular complexity index is 531. The fourth-order valence-corrected chi connectivity index (χ4v) is 2.24. The lowest BCUT2D eigenvalue weighted by atomic mass is 10.1. The summed E-state index contributed by atoms with van der Waals surface area (Å²) in [5.41, 5.74) is 6.42. The summed E-state index contributed by atoms with van der Waals surface area (Å²) in [4.78, 5) is 20.8. The number of amides is 1. The second-order valence-corrected chi connectivity index (χ2v) is 5.11. The molecule has 1 atom stereocenters. The van der Waals surface area contributed by atoms with Crippen molar-refractivity contribution in [3.63, 3.8) is 0 Å². The third kappa shape index (κ3) is 4.85. The third-order valence-corrected chi connectivity index (χ3v) is 3.10. The van der Waals surface area contributed by atoms with Gasteiger partial charge in [-0.1, -0.05) is 11.8 Å². The van der Waals surface area contributed by atoms with Crippen molar-refractivity contribution >= 4 is 5.91 Å². The van der Waals surface area contributed by atoms with Crippen LogP contribution in [0.15, 0.2) is 18.3 Å². The summed E-state index contributed by atoms with van der Waals surface area (Å²) in [7, 11) is 3.99. The Balaban J connectivity index is 3.05. The van der Waals surface area contributed by atoms with Gasteiger partial charge in [0, 0.05) is 25.3 Å². The van der Waals surface area contributed by atoms with Crippen LogP contribution in [-0.4, -0.2) is 60.5 Å². The maximum Gasteiger partial charge on any atom is 0.274 e. The van der Waals surface area contributed by atoms with Gasteiger partial charge in [-0.05, 0) is 40.1 Å². The van der Waals surface area contributed by atoms with Crippen LogP contribution in [0.5, 0.6) is 0 Å². The molecule has 1 heterocycles. The molecule has 21 heavy (non-hydrogen) atoms. The molecule has 5 nitrogen and oxygen atoms in total. The standard InChI is InChI=1S/C16H24N4O/c1-5-20(13(2)12-19(3)4)16(21)15-14(8-6-10-17)9-7-11-18-15/h7,9,11,13H,5,10,12,17H2,1-4H3. The predicted molar refractivity (Wildman–Crippen MR) is 84.9 cm³/mol. The zero-order valence-corrected chi connectivity index (χ0v) is 13.3. The predicted octanol–water partition coefficient (Wildman–Crippen LogP) is 0.804. The van der Waals surface area contributed by atoms with Crippen LogP contribution in [0.2, 0.25) is 0 Å². The van der Waals surface area contributed by atoms with Crippen LogP contribution in [-0.2, 0) is 0 Å². The molecular weight excluding hydrogens is 264 g/mol. The number of nitrogens with two attached hydrogens (primary N) is 1. The van der Waals surface area contributed by atoms with E-state index in [1.54, 1.807) is 18.3 Å². The third-order valence-electron chi connectivity index (χ3n) is 3.10. The van der Waals surface area contributed by atoms with E-state index in [0.29, 0.717) is 17.8 Å². The van der Waals surface area contributed by atoms with Crippen molar-refractivity contribution in [2.45, 2.75) is 19.9 Å². The first-order chi connectivity index (χ1) is 10.0. The normalized spacial score (nSPS) is 11.7. The van der Waals surface area contributed by atoms with E-state index in [4.69, 9.17) is 5.73 Å². The minimum absolute atomic E-state index is 0.0891. The maximum absolute atomic E-state index is 12.7. The molecule has 5 heteroatoms. The Morgan fingerprint density at radius 3 is 2.76 bits per heavy atom. The molecule has 0 spiro atoms. The van der Waals surface area contributed by atoms with E-state index in [1.165, 1.54) is 0 Å². The van der Waals surface area contributed by atoms with Gasteiger partial charge in [0.1, 0.15) is 5.69 Å². The number of hydrogen-bond donors (Lipinski definition) is 1. The van der Waals surface area contributed by atoms with Crippen LogP contribution in [0.25, 0.3) is 0 Å². The lowest BCUT2D eigenvalue weighted by Crippen LogP contribution is -2.44. The van der Waals surface area contributed by atoms with Gasteiger partial charge in [-0.25, -0.2) is 4.98 Å². The van der Waals surface area contributed by atoms with Crippen LogP contribution in [0.1, 0.15) is 29.9 Å². The van der Waals surface area contributed by atoms with E-state index in [1.807, 2.05) is 32.8 Å². The van der Waals surface area contributed by atoms with Gasteiger partial charge in [0.25, 0.3) is 5.91 Å². The van der Waals surface area contributed by atoms with Crippen LogP contribution in [0.4, 0.5) is 0 Å². The highest BCUT2D eigenvalue weighted by molar-refractivity contribution is 5.95. The first kappa shape index (κ1) is 17.2. The summed E-state index contributed by atoms with van der Waals surface area (Å²) in [6, 6.07) is 3.68. The van der Waals surface area contributed by atoms with Gasteiger partial charge in [0.15, 0.2) is 0 Å². The van der Waals surface area contributed by atoms with Crippen molar-refractivity contribution in [2.75, 3.05) is 33.7 Å². The Hall–Kier alpha value is -1.90. The van der Waals surface area contributed by atoms with E-state index in [9.17, 15) is 4.79 Å². The molecule has 1 aromatic rings. The Labute approximate surface area is 127 Å². The Morgan fingerprint density at radius 2 is 2.19 bits per heavy atom. The summed E-state index contributed by atoms with van der Waals surface area (Å²) in [6.45, 7) is 5.70. The van der Waals surface area contributed by atoms with Crippen molar-refractivity contribution in [1.82, 2.24) is 14.8 Å². The highest BCUT2D eigenvalue weighted by Gasteiger charge is 2.23. The molecule has 0 saturated heterocycles. The van der Waals surface area contributed by atoms with Gasteiger partial charge in [0.2, 0.25) is 0 Å². The highest BCUT2D eigenvalue weighted by atomic mass is 16.2. The van der Waals surface area contributed by atoms with Gasteiger partial charge in [-0.15, -0.1) is 0 Å². The fourth-order valence-electron chi connectivity index (χ4n) is 2.24. The molecule has 0 fully saturated rings. The molecule has 0 bridgehead atoms. The lowest BCUT2D eigenvalue weighted by Gasteiger charge is -2.30. The molecule has 0 aromatic carbocycles. The smallest absolute Gasteiger partial charge is 0.274 e. The monoisotopic (exact) mass is 288 g/mol. The molecule has 0 aliphatic rings. The number of carbonyl (C=O) groups excluding carboxylic acids is 1. The molecule has 2 N–H and O–H groups in total. The summed E-state index contributed by atoms with van der Waals surface area (Å²) in [5.74, 6) is 5.60. The molecule has 1 unspecified atom stereocenters. The number of aromatic nitrogens is 1. The highest BCUT2D eigenvalue weighted by Crippen LogP contribution is 2.11. The van der Waals surface area contributed by atoms with Crippen LogP contribution < -0.4 is 5.73 Å². The van der Waals surface area contributed by atoms with Gasteiger partial charge >= 0.3 is 0 Å². The molecule has 0 saturated carbocycles. The topological polar surface area (TPSA) is 62.5 Å². The molecule has 0 radical (unpaired) electrons. The van der Waals surface area contributed by atoms with Crippen molar-refractivity contribution in [2.24, 2.45) is 5.73 Å². The maximum atomic E-state index is 12.7. The second-order valence-electron chi connectivity index (χ2n) is 5.11. The average molecular weight is 288 g/mol. The van der Waals surface area contributed by atoms with Gasteiger partial charge in [-0.2, -0.15) is 0 Å². The molecule has 1 aromatic heterocycles. The molecule has 1 rings (SSSR count). The fraction of sp³-hybridized carbons (Fsp3) is 0.500. The van der Waals surface area contributed by atoms with E-state index in [2.05, 4.69) is 21.7 Å². The number of hydrogen-bond acceptors (Lipinski definition) is 4. The molecule has 114 valence electrons. The summed E-state index contributed by atoms with van der Waals surface area (Å²) in [5, 5.41) is 0. The molecular formula is C16H24N4O. The first-order valence-corrected chi connectivity index (χ1v) is 7.10. The van der Waals surface area contributed by atoms with Crippen LogP contribution in [0.3, 0.4) is 0 Å². The first-order valence-electron chi connectivity index (χ1n) is 7.10. The largest absolute Gasteiger partial charge is 0.334 e. The number of rotatable bonds is 5. The van der Waals surface area contributed by atoms with Crippen LogP contribution in [0, 0.1) is 11.8 Å². The van der Waals surface area contributed by atoms with E-state index in [0.717, 1.165) is 6.54 Å². The summed E-state index contributed by atoms with van der Waals surface area (Å²) >= 11 is 0. The lowest BCUT2D eigenvalue weighted by molar-refractivity contribution is 0.0672. The van der Waals surface area contributed by atoms with Gasteiger partial charge in [0.05, 0.1) is 12.1 Å². The minimum atomic E-state index is -0.0891. The zero-order chi connectivity index (χ0) is 15.8.